The number of rotatable bonds is 10. The van der Waals surface area contributed by atoms with E-state index in [0.29, 0.717) is 0 Å². The lowest BCUT2D eigenvalue weighted by atomic mass is 10.4. The molecule has 0 nitrogen and oxygen atoms in total. The van der Waals surface area contributed by atoms with Crippen LogP contribution in [0.15, 0.2) is 0 Å². The third-order valence-corrected chi connectivity index (χ3v) is 9.78. The van der Waals surface area contributed by atoms with Gasteiger partial charge < -0.3 is 8.41 Å². The molecule has 0 N–H and O–H groups in total. The Balaban J connectivity index is 0. The van der Waals surface area contributed by atoms with Crippen LogP contribution in [0.25, 0.3) is 0 Å². The van der Waals surface area contributed by atoms with Crippen LogP contribution in [-0.4, -0.2) is 32.6 Å². The van der Waals surface area contributed by atoms with Gasteiger partial charge >= 0.3 is 0 Å². The minimum Gasteiger partial charge on any atom is -1.00 e. The Bertz CT molecular complexity index is 135. The van der Waals surface area contributed by atoms with Gasteiger partial charge in [0, 0.05) is 7.26 Å². The van der Waals surface area contributed by atoms with E-state index in [2.05, 4.69) is 34.6 Å². The summed E-state index contributed by atoms with van der Waals surface area (Å²) in [5.41, 5.74) is 0.970. The Labute approximate surface area is 113 Å². The fourth-order valence-corrected chi connectivity index (χ4v) is 7.59. The summed E-state index contributed by atoms with van der Waals surface area (Å²) in [6, 6.07) is 0. The highest BCUT2D eigenvalue weighted by molar-refractivity contribution is 7.76. The van der Waals surface area contributed by atoms with Crippen molar-refractivity contribution in [1.82, 2.24) is 0 Å². The highest BCUT2D eigenvalue weighted by atomic mass is 31.2. The molecule has 0 spiro atoms. The number of hydrogen-bond donors (Lipinski definition) is 0. The van der Waals surface area contributed by atoms with Crippen LogP contribution in [-0.2, 0) is 0 Å². The van der Waals surface area contributed by atoms with Gasteiger partial charge in [-0.3, -0.25) is 0 Å². The zero-order valence-corrected chi connectivity index (χ0v) is 13.9. The second kappa shape index (κ2) is 11.6. The SMILES string of the molecule is CCCC[P+](CCCC)(CCCC)C(C)C.[B-]. The average Bonchev–Trinajstić information content (AvgIpc) is 2.28. The monoisotopic (exact) mass is 256 g/mol. The van der Waals surface area contributed by atoms with Crippen LogP contribution in [0.2, 0.25) is 0 Å². The molecule has 0 rings (SSSR count). The summed E-state index contributed by atoms with van der Waals surface area (Å²) in [5.74, 6) is 0. The van der Waals surface area contributed by atoms with Crippen LogP contribution in [0.5, 0.6) is 0 Å². The molecule has 0 aliphatic heterocycles. The van der Waals surface area contributed by atoms with Crippen molar-refractivity contribution in [2.75, 3.05) is 18.5 Å². The molecular weight excluding hydrogens is 222 g/mol. The summed E-state index contributed by atoms with van der Waals surface area (Å²) in [7, 11) is -0.618. The Kier molecular flexibility index (Phi) is 13.5. The lowest BCUT2D eigenvalue weighted by molar-refractivity contribution is 0.819. The molecule has 0 unspecified atom stereocenters. The van der Waals surface area contributed by atoms with E-state index in [9.17, 15) is 0 Å². The molecule has 0 saturated carbocycles. The van der Waals surface area contributed by atoms with Crippen molar-refractivity contribution in [3.63, 3.8) is 0 Å². The van der Waals surface area contributed by atoms with E-state index in [1.54, 1.807) is 18.5 Å². The van der Waals surface area contributed by atoms with Crippen LogP contribution < -0.4 is 0 Å². The van der Waals surface area contributed by atoms with Gasteiger partial charge in [0.05, 0.1) is 24.1 Å². The molecule has 0 amide bonds. The quantitative estimate of drug-likeness (QED) is 0.361. The highest BCUT2D eigenvalue weighted by Crippen LogP contribution is 2.64. The summed E-state index contributed by atoms with van der Waals surface area (Å²) in [5, 5.41) is 0. The van der Waals surface area contributed by atoms with E-state index >= 15 is 0 Å². The lowest BCUT2D eigenvalue weighted by Gasteiger charge is -2.31. The Morgan fingerprint density at radius 3 is 1.18 bits per heavy atom. The predicted octanol–water partition coefficient (Wildman–Crippen LogP) is 5.43. The largest absolute Gasteiger partial charge is 1.00 e. The summed E-state index contributed by atoms with van der Waals surface area (Å²) in [6.07, 6.45) is 13.3. The molecule has 0 bridgehead atoms. The fourth-order valence-electron chi connectivity index (χ4n) is 2.53. The molecule has 0 aliphatic rings. The molecular formula is C15H34BP. The molecule has 2 heteroatoms. The first-order valence-corrected chi connectivity index (χ1v) is 9.90. The van der Waals surface area contributed by atoms with Crippen LogP contribution in [0, 0.1) is 0 Å². The van der Waals surface area contributed by atoms with E-state index in [0.717, 1.165) is 5.66 Å². The highest BCUT2D eigenvalue weighted by Gasteiger charge is 2.38. The maximum Gasteiger partial charge on any atom is 0.0641 e. The van der Waals surface area contributed by atoms with E-state index in [-0.39, 0.29) is 8.41 Å². The Morgan fingerprint density at radius 2 is 1.00 bits per heavy atom. The van der Waals surface area contributed by atoms with Crippen molar-refractivity contribution in [3.05, 3.63) is 0 Å². The molecule has 0 aromatic carbocycles. The molecule has 0 heterocycles. The van der Waals surface area contributed by atoms with E-state index in [1.165, 1.54) is 38.5 Å². The summed E-state index contributed by atoms with van der Waals surface area (Å²) in [6.45, 7) is 12.0. The smallest absolute Gasteiger partial charge is 0.0641 e. The van der Waals surface area contributed by atoms with Gasteiger partial charge in [0.2, 0.25) is 0 Å². The average molecular weight is 256 g/mol. The van der Waals surface area contributed by atoms with Gasteiger partial charge in [-0.05, 0) is 33.1 Å². The van der Waals surface area contributed by atoms with Gasteiger partial charge in [-0.25, -0.2) is 0 Å². The second-order valence-corrected chi connectivity index (χ2v) is 10.4. The zero-order chi connectivity index (χ0) is 12.4. The van der Waals surface area contributed by atoms with Crippen molar-refractivity contribution in [2.45, 2.75) is 78.8 Å². The summed E-state index contributed by atoms with van der Waals surface area (Å²) in [4.78, 5) is 0. The Morgan fingerprint density at radius 1 is 0.706 bits per heavy atom. The van der Waals surface area contributed by atoms with Crippen molar-refractivity contribution in [3.8, 4) is 0 Å². The van der Waals surface area contributed by atoms with E-state index in [4.69, 9.17) is 0 Å². The first-order valence-electron chi connectivity index (χ1n) is 7.48. The van der Waals surface area contributed by atoms with Crippen molar-refractivity contribution in [2.24, 2.45) is 0 Å². The number of hydrogen-bond acceptors (Lipinski definition) is 0. The molecule has 0 fully saturated rings. The van der Waals surface area contributed by atoms with E-state index < -0.39 is 7.26 Å². The van der Waals surface area contributed by atoms with Gasteiger partial charge in [-0.15, -0.1) is 0 Å². The van der Waals surface area contributed by atoms with Crippen LogP contribution in [0.1, 0.15) is 73.1 Å². The normalized spacial score (nSPS) is 11.6. The van der Waals surface area contributed by atoms with Crippen LogP contribution >= 0.6 is 7.26 Å². The first kappa shape index (κ1) is 19.8. The molecule has 102 valence electrons. The Hall–Kier alpha value is 0.495. The minimum absolute atomic E-state index is 0. The third kappa shape index (κ3) is 7.50. The maximum atomic E-state index is 2.49. The van der Waals surface area contributed by atoms with Crippen LogP contribution in [0.3, 0.4) is 0 Å². The van der Waals surface area contributed by atoms with Gasteiger partial charge in [-0.2, -0.15) is 0 Å². The summed E-state index contributed by atoms with van der Waals surface area (Å²) >= 11 is 0. The standard InChI is InChI=1S/C15H34P.B/c1-6-9-12-16(15(4)5,13-10-7-2)14-11-8-3;/h15H,6-14H2,1-5H3;/q+1;-1. The molecule has 0 aromatic rings. The topological polar surface area (TPSA) is 0 Å². The van der Waals surface area contributed by atoms with Gasteiger partial charge in [0.25, 0.3) is 0 Å². The first-order chi connectivity index (χ1) is 7.63. The molecule has 0 aromatic heterocycles. The molecule has 17 heavy (non-hydrogen) atoms. The van der Waals surface area contributed by atoms with Gasteiger partial charge in [0.1, 0.15) is 0 Å². The summed E-state index contributed by atoms with van der Waals surface area (Å²) < 4.78 is 0. The maximum absolute atomic E-state index is 2.49. The van der Waals surface area contributed by atoms with Crippen molar-refractivity contribution >= 4 is 15.7 Å². The van der Waals surface area contributed by atoms with Gasteiger partial charge in [0.15, 0.2) is 0 Å². The molecule has 0 saturated heterocycles. The molecule has 4 radical (unpaired) electrons. The van der Waals surface area contributed by atoms with Crippen molar-refractivity contribution in [1.29, 1.82) is 0 Å². The third-order valence-electron chi connectivity index (χ3n) is 3.97. The van der Waals surface area contributed by atoms with Crippen LogP contribution in [0.4, 0.5) is 0 Å². The number of unbranched alkanes of at least 4 members (excludes halogenated alkanes) is 3. The van der Waals surface area contributed by atoms with Crippen molar-refractivity contribution < 1.29 is 0 Å². The predicted molar refractivity (Wildman–Crippen MR) is 87.1 cm³/mol. The minimum atomic E-state index is -0.618. The lowest BCUT2D eigenvalue weighted by Crippen LogP contribution is -2.17. The van der Waals surface area contributed by atoms with Gasteiger partial charge in [-0.1, -0.05) is 40.0 Å². The zero-order valence-electron chi connectivity index (χ0n) is 13.0. The van der Waals surface area contributed by atoms with E-state index in [1.807, 2.05) is 0 Å². The molecule has 0 aliphatic carbocycles. The molecule has 0 atom stereocenters. The second-order valence-electron chi connectivity index (χ2n) is 5.54. The fraction of sp³-hybridized carbons (Fsp3) is 1.00.